The minimum absolute atomic E-state index is 0.177. The van der Waals surface area contributed by atoms with E-state index in [9.17, 15) is 4.79 Å². The predicted molar refractivity (Wildman–Crippen MR) is 221 cm³/mol. The largest absolute Gasteiger partial charge is 0.344 e. The van der Waals surface area contributed by atoms with Crippen LogP contribution in [0.25, 0.3) is 0 Å². The molecule has 2 rings (SSSR count). The first-order valence-corrected chi connectivity index (χ1v) is 22.1. The van der Waals surface area contributed by atoms with Gasteiger partial charge in [0.25, 0.3) is 0 Å². The van der Waals surface area contributed by atoms with Gasteiger partial charge in [0.15, 0.2) is 5.79 Å². The number of ketones is 1. The minimum Gasteiger partial charge on any atom is -0.344 e. The molecule has 0 aromatic rings. The number of ether oxygens (including phenoxy) is 2. The second kappa shape index (κ2) is 30.9. The van der Waals surface area contributed by atoms with Crippen LogP contribution in [0.5, 0.6) is 0 Å². The van der Waals surface area contributed by atoms with Gasteiger partial charge in [-0.05, 0) is 110 Å². The van der Waals surface area contributed by atoms with E-state index in [1.165, 1.54) is 141 Å². The third kappa shape index (κ3) is 23.7. The van der Waals surface area contributed by atoms with E-state index in [1.807, 2.05) is 19.0 Å². The first kappa shape index (κ1) is 45.7. The number of hydrogen-bond acceptors (Lipinski definition) is 4. The van der Waals surface area contributed by atoms with Gasteiger partial charge in [-0.15, -0.1) is 0 Å². The Balaban J connectivity index is 1.63. The highest BCUT2D eigenvalue weighted by Crippen LogP contribution is 2.46. The van der Waals surface area contributed by atoms with Crippen LogP contribution in [0.1, 0.15) is 200 Å². The average Bonchev–Trinajstić information content (AvgIpc) is 3.62. The van der Waals surface area contributed by atoms with Crippen LogP contribution < -0.4 is 0 Å². The van der Waals surface area contributed by atoms with Gasteiger partial charge >= 0.3 is 0 Å². The van der Waals surface area contributed by atoms with E-state index in [-0.39, 0.29) is 12.2 Å². The Bertz CT molecular complexity index is 885. The zero-order chi connectivity index (χ0) is 36.7. The zero-order valence-electron chi connectivity index (χ0n) is 34.2. The first-order valence-electron chi connectivity index (χ1n) is 22.1. The normalized spacial score (nSPS) is 20.4. The predicted octanol–water partition coefficient (Wildman–Crippen LogP) is 13.8. The van der Waals surface area contributed by atoms with Gasteiger partial charge in [-0.1, -0.05) is 140 Å². The summed E-state index contributed by atoms with van der Waals surface area (Å²) in [4.78, 5) is 14.5. The lowest BCUT2D eigenvalue weighted by Crippen LogP contribution is -2.32. The molecule has 3 atom stereocenters. The van der Waals surface area contributed by atoms with Crippen molar-refractivity contribution in [3.8, 4) is 0 Å². The van der Waals surface area contributed by atoms with E-state index in [2.05, 4.69) is 62.5 Å². The Kier molecular flexibility index (Phi) is 27.7. The smallest absolute Gasteiger partial charge is 0.169 e. The van der Waals surface area contributed by atoms with Crippen molar-refractivity contribution in [3.05, 3.63) is 48.6 Å². The van der Waals surface area contributed by atoms with Crippen molar-refractivity contribution >= 4 is 5.78 Å². The summed E-state index contributed by atoms with van der Waals surface area (Å²) in [5, 5.41) is 0. The zero-order valence-corrected chi connectivity index (χ0v) is 34.2. The summed E-state index contributed by atoms with van der Waals surface area (Å²) in [5.41, 5.74) is 0. The third-order valence-corrected chi connectivity index (χ3v) is 10.8. The van der Waals surface area contributed by atoms with Crippen molar-refractivity contribution in [2.45, 2.75) is 218 Å². The van der Waals surface area contributed by atoms with Crippen molar-refractivity contribution in [2.24, 2.45) is 5.92 Å². The lowest BCUT2D eigenvalue weighted by Gasteiger charge is -2.30. The van der Waals surface area contributed by atoms with E-state index in [0.717, 1.165) is 38.5 Å². The molecule has 1 unspecified atom stereocenters. The fourth-order valence-corrected chi connectivity index (χ4v) is 7.92. The summed E-state index contributed by atoms with van der Waals surface area (Å²) in [6, 6.07) is 0. The van der Waals surface area contributed by atoms with Crippen molar-refractivity contribution in [1.82, 2.24) is 4.90 Å². The van der Waals surface area contributed by atoms with Crippen LogP contribution >= 0.6 is 0 Å². The van der Waals surface area contributed by atoms with Crippen LogP contribution in [-0.2, 0) is 14.3 Å². The number of allylic oxidation sites excluding steroid dienone is 8. The number of unbranched alkanes of at least 4 members (excludes halogenated alkanes) is 18. The molecule has 294 valence electrons. The molecular weight excluding hydrogens is 627 g/mol. The third-order valence-electron chi connectivity index (χ3n) is 10.8. The highest BCUT2D eigenvalue weighted by Gasteiger charge is 2.51. The van der Waals surface area contributed by atoms with Crippen LogP contribution in [0.4, 0.5) is 0 Å². The minimum atomic E-state index is -0.390. The Hall–Kier alpha value is -1.49. The summed E-state index contributed by atoms with van der Waals surface area (Å²) in [6.07, 6.45) is 54.4. The molecule has 0 amide bonds. The molecule has 1 saturated heterocycles. The molecular formula is C47H83NO3. The summed E-state index contributed by atoms with van der Waals surface area (Å²) < 4.78 is 13.7. The number of carbonyl (C=O) groups is 1. The quantitative estimate of drug-likeness (QED) is 0.0492. The van der Waals surface area contributed by atoms with Gasteiger partial charge in [0.05, 0.1) is 18.8 Å². The van der Waals surface area contributed by atoms with Crippen molar-refractivity contribution < 1.29 is 14.3 Å². The molecule has 0 aromatic heterocycles. The average molecular weight is 710 g/mol. The van der Waals surface area contributed by atoms with Gasteiger partial charge < -0.3 is 14.4 Å². The maximum atomic E-state index is 12.5. The van der Waals surface area contributed by atoms with Gasteiger partial charge in [-0.2, -0.15) is 0 Å². The SMILES string of the molecule is CCCCC/C=C\C/C=C\CCCCCCCCC1(CCCCCCCC/C=C\C/C=C\CCCCC)O[C@H]2CC(CC(=O)CN(C)C)C[C@H]2O1. The summed E-state index contributed by atoms with van der Waals surface area (Å²) >= 11 is 0. The standard InChI is InChI=1S/C47H83NO3/c1-5-7-9-11-13-15-17-19-21-23-25-27-29-31-33-35-37-47(50-45-40-43(41-46(45)51-47)39-44(49)42-48(3)4)38-36-34-32-30-28-26-24-22-20-18-16-14-12-10-8-6-2/h13-16,19-22,43,45-46H,5-12,17-18,23-42H2,1-4H3/b15-13-,16-14-,21-19-,22-20-/t43?,45-,46+. The first-order chi connectivity index (χ1) is 25.0. The lowest BCUT2D eigenvalue weighted by atomic mass is 9.97. The number of carbonyl (C=O) groups excluding carboxylic acids is 1. The number of Topliss-reactive ketones (excluding diaryl/α,β-unsaturated/α-hetero) is 1. The van der Waals surface area contributed by atoms with Crippen molar-refractivity contribution in [2.75, 3.05) is 20.6 Å². The Morgan fingerprint density at radius 2 is 0.922 bits per heavy atom. The monoisotopic (exact) mass is 710 g/mol. The molecule has 1 aliphatic carbocycles. The maximum absolute atomic E-state index is 12.5. The molecule has 0 N–H and O–H groups in total. The lowest BCUT2D eigenvalue weighted by molar-refractivity contribution is -0.193. The number of likely N-dealkylation sites (N-methyl/N-ethyl adjacent to an activating group) is 1. The fourth-order valence-electron chi connectivity index (χ4n) is 7.92. The highest BCUT2D eigenvalue weighted by atomic mass is 16.8. The molecule has 2 fully saturated rings. The second-order valence-corrected chi connectivity index (χ2v) is 16.2. The molecule has 0 bridgehead atoms. The molecule has 1 heterocycles. The number of hydrogen-bond donors (Lipinski definition) is 0. The fraction of sp³-hybridized carbons (Fsp3) is 0.809. The van der Waals surface area contributed by atoms with Gasteiger partial charge in [-0.3, -0.25) is 4.79 Å². The van der Waals surface area contributed by atoms with E-state index >= 15 is 0 Å². The van der Waals surface area contributed by atoms with E-state index in [1.54, 1.807) is 0 Å². The molecule has 0 aromatic carbocycles. The highest BCUT2D eigenvalue weighted by molar-refractivity contribution is 5.80. The molecule has 0 radical (unpaired) electrons. The van der Waals surface area contributed by atoms with Crippen LogP contribution in [0.3, 0.4) is 0 Å². The van der Waals surface area contributed by atoms with Crippen LogP contribution in [-0.4, -0.2) is 49.3 Å². The molecule has 1 aliphatic heterocycles. The molecule has 1 saturated carbocycles. The number of fused-ring (bicyclic) bond motifs is 1. The van der Waals surface area contributed by atoms with Crippen molar-refractivity contribution in [1.29, 1.82) is 0 Å². The van der Waals surface area contributed by atoms with Gasteiger partial charge in [0.2, 0.25) is 0 Å². The summed E-state index contributed by atoms with van der Waals surface area (Å²) in [6.45, 7) is 5.07. The topological polar surface area (TPSA) is 38.8 Å². The molecule has 51 heavy (non-hydrogen) atoms. The second-order valence-electron chi connectivity index (χ2n) is 16.2. The van der Waals surface area contributed by atoms with E-state index < -0.39 is 5.79 Å². The molecule has 2 aliphatic rings. The molecule has 4 nitrogen and oxygen atoms in total. The number of nitrogens with zero attached hydrogens (tertiary/aromatic N) is 1. The van der Waals surface area contributed by atoms with Gasteiger partial charge in [-0.25, -0.2) is 0 Å². The van der Waals surface area contributed by atoms with Crippen LogP contribution in [0, 0.1) is 5.92 Å². The van der Waals surface area contributed by atoms with Gasteiger partial charge in [0.1, 0.15) is 5.78 Å². The van der Waals surface area contributed by atoms with Crippen LogP contribution in [0.2, 0.25) is 0 Å². The molecule has 0 spiro atoms. The van der Waals surface area contributed by atoms with Crippen LogP contribution in [0.15, 0.2) is 48.6 Å². The Morgan fingerprint density at radius 3 is 1.31 bits per heavy atom. The summed E-state index contributed by atoms with van der Waals surface area (Å²) in [7, 11) is 3.95. The van der Waals surface area contributed by atoms with E-state index in [0.29, 0.717) is 24.7 Å². The summed E-state index contributed by atoms with van der Waals surface area (Å²) in [5.74, 6) is 0.367. The molecule has 4 heteroatoms. The van der Waals surface area contributed by atoms with Crippen molar-refractivity contribution in [3.63, 3.8) is 0 Å². The number of rotatable bonds is 34. The Morgan fingerprint density at radius 1 is 0.549 bits per heavy atom. The van der Waals surface area contributed by atoms with E-state index in [4.69, 9.17) is 9.47 Å². The van der Waals surface area contributed by atoms with Gasteiger partial charge in [0, 0.05) is 19.3 Å². The maximum Gasteiger partial charge on any atom is 0.169 e. The Labute approximate surface area is 317 Å².